The first-order valence-corrected chi connectivity index (χ1v) is 6.57. The van der Waals surface area contributed by atoms with Gasteiger partial charge in [0.15, 0.2) is 5.94 Å². The van der Waals surface area contributed by atoms with Crippen LogP contribution in [-0.4, -0.2) is 19.3 Å². The molecular weight excluding hydrogens is 227 g/mol. The normalized spacial score (nSPS) is 13.8. The summed E-state index contributed by atoms with van der Waals surface area (Å²) in [6.45, 7) is 0. The molecule has 0 radical (unpaired) electrons. The van der Waals surface area contributed by atoms with Crippen molar-refractivity contribution in [3.8, 4) is 0 Å². The quantitative estimate of drug-likeness (QED) is 0.782. The second-order valence-electron chi connectivity index (χ2n) is 2.46. The molecule has 0 spiro atoms. The molecule has 0 heterocycles. The summed E-state index contributed by atoms with van der Waals surface area (Å²) in [5.74, 6) is -0.773. The SMILES string of the molecule is O=[PH](O)OCS(=O)(=O)c1ccccc1. The van der Waals surface area contributed by atoms with E-state index in [2.05, 4.69) is 4.52 Å². The summed E-state index contributed by atoms with van der Waals surface area (Å²) in [5, 5.41) is 0. The third-order valence-corrected chi connectivity index (χ3v) is 3.46. The van der Waals surface area contributed by atoms with Crippen LogP contribution in [0, 0.1) is 0 Å². The van der Waals surface area contributed by atoms with E-state index in [1.165, 1.54) is 12.1 Å². The lowest BCUT2D eigenvalue weighted by atomic mass is 10.4. The predicted molar refractivity (Wildman–Crippen MR) is 50.8 cm³/mol. The Labute approximate surface area is 82.2 Å². The Morgan fingerprint density at radius 1 is 1.29 bits per heavy atom. The Balaban J connectivity index is 2.82. The van der Waals surface area contributed by atoms with Gasteiger partial charge >= 0.3 is 8.25 Å². The molecule has 0 amide bonds. The number of hydrogen-bond acceptors (Lipinski definition) is 4. The van der Waals surface area contributed by atoms with E-state index < -0.39 is 24.0 Å². The van der Waals surface area contributed by atoms with Gasteiger partial charge in [-0.15, -0.1) is 0 Å². The van der Waals surface area contributed by atoms with Crippen LogP contribution in [0.25, 0.3) is 0 Å². The number of hydrogen-bond donors (Lipinski definition) is 1. The third kappa shape index (κ3) is 3.23. The monoisotopic (exact) mass is 236 g/mol. The summed E-state index contributed by atoms with van der Waals surface area (Å²) in [5.41, 5.74) is 0. The average molecular weight is 236 g/mol. The van der Waals surface area contributed by atoms with Crippen molar-refractivity contribution in [3.63, 3.8) is 0 Å². The largest absolute Gasteiger partial charge is 0.326 e. The van der Waals surface area contributed by atoms with E-state index in [9.17, 15) is 13.0 Å². The van der Waals surface area contributed by atoms with Gasteiger partial charge in [0.25, 0.3) is 0 Å². The van der Waals surface area contributed by atoms with Gasteiger partial charge in [-0.1, -0.05) is 18.2 Å². The first-order valence-electron chi connectivity index (χ1n) is 3.66. The standard InChI is InChI=1S/C7H9O5PS/c8-13(9)12-6-14(10,11)7-4-2-1-3-5-7/h1-5,13H,6H2,(H,8,9). The first-order chi connectivity index (χ1) is 6.52. The van der Waals surface area contributed by atoms with Crippen LogP contribution >= 0.6 is 8.25 Å². The minimum Gasteiger partial charge on any atom is -0.326 e. The van der Waals surface area contributed by atoms with Crippen LogP contribution in [0.3, 0.4) is 0 Å². The molecule has 1 rings (SSSR count). The van der Waals surface area contributed by atoms with E-state index in [4.69, 9.17) is 4.89 Å². The van der Waals surface area contributed by atoms with Crippen molar-refractivity contribution in [3.05, 3.63) is 30.3 Å². The topological polar surface area (TPSA) is 80.7 Å². The highest BCUT2D eigenvalue weighted by Crippen LogP contribution is 2.18. The molecule has 0 aromatic heterocycles. The highest BCUT2D eigenvalue weighted by atomic mass is 32.2. The molecule has 0 aliphatic rings. The van der Waals surface area contributed by atoms with Crippen LogP contribution in [0.2, 0.25) is 0 Å². The summed E-state index contributed by atoms with van der Waals surface area (Å²) >= 11 is 0. The summed E-state index contributed by atoms with van der Waals surface area (Å²) in [6.07, 6.45) is 0. The van der Waals surface area contributed by atoms with Gasteiger partial charge in [0, 0.05) is 0 Å². The van der Waals surface area contributed by atoms with E-state index in [0.29, 0.717) is 0 Å². The van der Waals surface area contributed by atoms with Crippen LogP contribution in [0.15, 0.2) is 35.2 Å². The van der Waals surface area contributed by atoms with E-state index >= 15 is 0 Å². The predicted octanol–water partition coefficient (Wildman–Crippen LogP) is 0.816. The highest BCUT2D eigenvalue weighted by Gasteiger charge is 2.14. The minimum absolute atomic E-state index is 0.0725. The zero-order valence-electron chi connectivity index (χ0n) is 7.08. The molecule has 1 atom stereocenters. The van der Waals surface area contributed by atoms with Gasteiger partial charge < -0.3 is 4.89 Å². The van der Waals surface area contributed by atoms with Crippen molar-refractivity contribution < 1.29 is 22.4 Å². The number of rotatable bonds is 4. The zero-order valence-corrected chi connectivity index (χ0v) is 8.90. The smallest absolute Gasteiger partial charge is 0.317 e. The molecule has 0 aliphatic carbocycles. The van der Waals surface area contributed by atoms with Gasteiger partial charge in [0.05, 0.1) is 4.90 Å². The van der Waals surface area contributed by atoms with Crippen LogP contribution in [0.4, 0.5) is 0 Å². The lowest BCUT2D eigenvalue weighted by Crippen LogP contribution is -2.06. The van der Waals surface area contributed by atoms with Gasteiger partial charge in [-0.05, 0) is 12.1 Å². The van der Waals surface area contributed by atoms with Crippen molar-refractivity contribution in [2.45, 2.75) is 4.90 Å². The molecule has 5 nitrogen and oxygen atoms in total. The molecule has 0 saturated heterocycles. The number of benzene rings is 1. The Kier molecular flexibility index (Phi) is 3.83. The maximum atomic E-state index is 11.4. The molecule has 1 aromatic rings. The Bertz CT molecular complexity index is 413. The van der Waals surface area contributed by atoms with Crippen molar-refractivity contribution in [1.82, 2.24) is 0 Å². The summed E-state index contributed by atoms with van der Waals surface area (Å²) in [6, 6.07) is 7.60. The van der Waals surface area contributed by atoms with Gasteiger partial charge in [0.1, 0.15) is 0 Å². The maximum absolute atomic E-state index is 11.4. The summed E-state index contributed by atoms with van der Waals surface area (Å²) < 4.78 is 37.1. The van der Waals surface area contributed by atoms with Gasteiger partial charge in [-0.3, -0.25) is 9.09 Å². The minimum atomic E-state index is -3.61. The molecule has 78 valence electrons. The molecule has 0 bridgehead atoms. The second kappa shape index (κ2) is 4.70. The fraction of sp³-hybridized carbons (Fsp3) is 0.143. The van der Waals surface area contributed by atoms with E-state index in [1.54, 1.807) is 18.2 Å². The zero-order chi connectivity index (χ0) is 10.6. The van der Waals surface area contributed by atoms with Crippen LogP contribution < -0.4 is 0 Å². The Morgan fingerprint density at radius 2 is 1.86 bits per heavy atom. The molecular formula is C7H9O5PS. The van der Waals surface area contributed by atoms with Crippen LogP contribution in [0.5, 0.6) is 0 Å². The maximum Gasteiger partial charge on any atom is 0.317 e. The summed E-state index contributed by atoms with van der Waals surface area (Å²) in [4.78, 5) is 8.39. The summed E-state index contributed by atoms with van der Waals surface area (Å²) in [7, 11) is -6.82. The first kappa shape index (κ1) is 11.4. The molecule has 0 saturated carbocycles. The van der Waals surface area contributed by atoms with E-state index in [-0.39, 0.29) is 4.90 Å². The fourth-order valence-corrected chi connectivity index (χ4v) is 2.56. The van der Waals surface area contributed by atoms with Crippen LogP contribution in [-0.2, 0) is 18.9 Å². The lowest BCUT2D eigenvalue weighted by Gasteiger charge is -2.02. The Morgan fingerprint density at radius 3 is 2.36 bits per heavy atom. The molecule has 1 aromatic carbocycles. The van der Waals surface area contributed by atoms with E-state index in [0.717, 1.165) is 0 Å². The van der Waals surface area contributed by atoms with Crippen molar-refractivity contribution >= 4 is 18.1 Å². The average Bonchev–Trinajstić information content (AvgIpc) is 2.16. The number of sulfone groups is 1. The molecule has 0 aliphatic heterocycles. The second-order valence-corrected chi connectivity index (χ2v) is 5.21. The van der Waals surface area contributed by atoms with E-state index in [1.807, 2.05) is 0 Å². The van der Waals surface area contributed by atoms with Gasteiger partial charge in [-0.2, -0.15) is 0 Å². The van der Waals surface area contributed by atoms with Crippen LogP contribution in [0.1, 0.15) is 0 Å². The Hall–Kier alpha value is -0.680. The van der Waals surface area contributed by atoms with Crippen molar-refractivity contribution in [2.24, 2.45) is 0 Å². The molecule has 1 unspecified atom stereocenters. The van der Waals surface area contributed by atoms with Gasteiger partial charge in [0.2, 0.25) is 9.84 Å². The highest BCUT2D eigenvalue weighted by molar-refractivity contribution is 7.91. The molecule has 14 heavy (non-hydrogen) atoms. The lowest BCUT2D eigenvalue weighted by molar-refractivity contribution is 0.322. The molecule has 0 fully saturated rings. The van der Waals surface area contributed by atoms with Crippen molar-refractivity contribution in [1.29, 1.82) is 0 Å². The van der Waals surface area contributed by atoms with Gasteiger partial charge in [-0.25, -0.2) is 8.42 Å². The third-order valence-electron chi connectivity index (χ3n) is 1.44. The fourth-order valence-electron chi connectivity index (χ4n) is 0.824. The molecule has 1 N–H and O–H groups in total. The van der Waals surface area contributed by atoms with Crippen molar-refractivity contribution in [2.75, 3.05) is 5.94 Å². The molecule has 7 heteroatoms.